The van der Waals surface area contributed by atoms with Gasteiger partial charge >= 0.3 is 0 Å². The minimum absolute atomic E-state index is 0.136. The van der Waals surface area contributed by atoms with E-state index in [2.05, 4.69) is 5.32 Å². The second kappa shape index (κ2) is 7.76. The van der Waals surface area contributed by atoms with E-state index in [4.69, 9.17) is 11.6 Å². The van der Waals surface area contributed by atoms with Gasteiger partial charge < -0.3 is 10.2 Å². The maximum Gasteiger partial charge on any atom is 0.273 e. The van der Waals surface area contributed by atoms with Crippen molar-refractivity contribution in [3.05, 3.63) is 68.7 Å². The number of benzene rings is 2. The fourth-order valence-electron chi connectivity index (χ4n) is 2.21. The lowest BCUT2D eigenvalue weighted by molar-refractivity contribution is -0.385. The number of hydrogen-bond donors (Lipinski definition) is 1. The molecule has 2 aromatic rings. The number of rotatable bonds is 5. The lowest BCUT2D eigenvalue weighted by atomic mass is 10.1. The Kier molecular flexibility index (Phi) is 5.71. The van der Waals surface area contributed by atoms with Crippen LogP contribution in [0.1, 0.15) is 15.9 Å². The molecule has 2 rings (SSSR count). The first kappa shape index (κ1) is 18.4. The summed E-state index contributed by atoms with van der Waals surface area (Å²) in [6.45, 7) is 1.39. The maximum absolute atomic E-state index is 12.4. The molecule has 2 aromatic carbocycles. The van der Waals surface area contributed by atoms with Gasteiger partial charge in [0.1, 0.15) is 0 Å². The average molecular weight is 362 g/mol. The highest BCUT2D eigenvalue weighted by Gasteiger charge is 2.19. The Morgan fingerprint density at radius 2 is 1.96 bits per heavy atom. The smallest absolute Gasteiger partial charge is 0.273 e. The molecule has 1 N–H and O–H groups in total. The monoisotopic (exact) mass is 361 g/mol. The number of hydrogen-bond acceptors (Lipinski definition) is 4. The van der Waals surface area contributed by atoms with E-state index < -0.39 is 16.7 Å². The molecule has 8 heteroatoms. The summed E-state index contributed by atoms with van der Waals surface area (Å²) in [4.78, 5) is 36.0. The minimum atomic E-state index is -0.544. The third-order valence-electron chi connectivity index (χ3n) is 3.49. The van der Waals surface area contributed by atoms with Gasteiger partial charge in [0.25, 0.3) is 11.6 Å². The molecule has 0 saturated heterocycles. The van der Waals surface area contributed by atoms with Gasteiger partial charge in [-0.15, -0.1) is 0 Å². The molecular formula is C17H16ClN3O4. The number of nitrogens with zero attached hydrogens (tertiary/aromatic N) is 2. The summed E-state index contributed by atoms with van der Waals surface area (Å²) in [5.41, 5.74) is 0.991. The van der Waals surface area contributed by atoms with Gasteiger partial charge in [-0.25, -0.2) is 0 Å². The van der Waals surface area contributed by atoms with Gasteiger partial charge in [0.2, 0.25) is 5.91 Å². The molecule has 0 aliphatic carbocycles. The highest BCUT2D eigenvalue weighted by atomic mass is 35.5. The maximum atomic E-state index is 12.4. The van der Waals surface area contributed by atoms with Crippen LogP contribution in [0.25, 0.3) is 0 Å². The second-order valence-electron chi connectivity index (χ2n) is 5.48. The Morgan fingerprint density at radius 3 is 2.60 bits per heavy atom. The van der Waals surface area contributed by atoms with Gasteiger partial charge in [-0.3, -0.25) is 19.7 Å². The van der Waals surface area contributed by atoms with Gasteiger partial charge in [0, 0.05) is 35.0 Å². The number of nitro benzene ring substituents is 1. The molecule has 0 saturated carbocycles. The quantitative estimate of drug-likeness (QED) is 0.653. The van der Waals surface area contributed by atoms with Crippen molar-refractivity contribution >= 4 is 34.8 Å². The number of carbonyl (C=O) groups excluding carboxylic acids is 2. The molecule has 2 amide bonds. The SMILES string of the molecule is Cc1ccc(C(=O)N(C)CC(=O)Nc2cccc(Cl)c2)cc1[N+](=O)[O-]. The van der Waals surface area contributed by atoms with E-state index in [1.807, 2.05) is 0 Å². The summed E-state index contributed by atoms with van der Waals surface area (Å²) < 4.78 is 0. The van der Waals surface area contributed by atoms with Crippen LogP contribution in [-0.2, 0) is 4.79 Å². The van der Waals surface area contributed by atoms with Crippen molar-refractivity contribution in [3.8, 4) is 0 Å². The Bertz CT molecular complexity index is 838. The summed E-state index contributed by atoms with van der Waals surface area (Å²) in [5.74, 6) is -0.885. The van der Waals surface area contributed by atoms with Crippen LogP contribution < -0.4 is 5.32 Å². The van der Waals surface area contributed by atoms with Crippen LogP contribution >= 0.6 is 11.6 Å². The molecule has 0 fully saturated rings. The molecule has 0 aliphatic heterocycles. The number of amides is 2. The normalized spacial score (nSPS) is 10.2. The first-order valence-corrected chi connectivity index (χ1v) is 7.71. The van der Waals surface area contributed by atoms with Gasteiger partial charge in [-0.05, 0) is 31.2 Å². The number of likely N-dealkylation sites (N-methyl/N-ethyl adjacent to an activating group) is 1. The van der Waals surface area contributed by atoms with Crippen molar-refractivity contribution in [2.24, 2.45) is 0 Å². The van der Waals surface area contributed by atoms with E-state index in [0.29, 0.717) is 16.3 Å². The molecule has 0 aromatic heterocycles. The van der Waals surface area contributed by atoms with Crippen LogP contribution in [0.15, 0.2) is 42.5 Å². The molecule has 0 spiro atoms. The standard InChI is InChI=1S/C17H16ClN3O4/c1-11-6-7-12(8-15(11)21(24)25)17(23)20(2)10-16(22)19-14-5-3-4-13(18)9-14/h3-9H,10H2,1-2H3,(H,19,22). The Hall–Kier alpha value is -2.93. The largest absolute Gasteiger partial charge is 0.332 e. The van der Waals surface area contributed by atoms with Gasteiger partial charge in [0.05, 0.1) is 11.5 Å². The van der Waals surface area contributed by atoms with Crippen molar-refractivity contribution in [2.45, 2.75) is 6.92 Å². The summed E-state index contributed by atoms with van der Waals surface area (Å²) in [5, 5.41) is 14.1. The number of carbonyl (C=O) groups is 2. The molecule has 0 bridgehead atoms. The molecule has 7 nitrogen and oxygen atoms in total. The molecular weight excluding hydrogens is 346 g/mol. The van der Waals surface area contributed by atoms with Crippen LogP contribution in [0, 0.1) is 17.0 Å². The first-order chi connectivity index (χ1) is 11.8. The van der Waals surface area contributed by atoms with Crippen molar-refractivity contribution in [2.75, 3.05) is 18.9 Å². The van der Waals surface area contributed by atoms with Crippen LogP contribution in [-0.4, -0.2) is 35.2 Å². The van der Waals surface area contributed by atoms with Gasteiger partial charge in [-0.1, -0.05) is 23.7 Å². The predicted molar refractivity (Wildman–Crippen MR) is 94.9 cm³/mol. The average Bonchev–Trinajstić information content (AvgIpc) is 2.54. The Balaban J connectivity index is 2.06. The molecule has 25 heavy (non-hydrogen) atoms. The van der Waals surface area contributed by atoms with Crippen LogP contribution in [0.4, 0.5) is 11.4 Å². The minimum Gasteiger partial charge on any atom is -0.332 e. The molecule has 0 unspecified atom stereocenters. The highest BCUT2D eigenvalue weighted by molar-refractivity contribution is 6.30. The van der Waals surface area contributed by atoms with Crippen molar-refractivity contribution in [3.63, 3.8) is 0 Å². The lowest BCUT2D eigenvalue weighted by Crippen LogP contribution is -2.35. The van der Waals surface area contributed by atoms with E-state index in [9.17, 15) is 19.7 Å². The van der Waals surface area contributed by atoms with Crippen molar-refractivity contribution < 1.29 is 14.5 Å². The fourth-order valence-corrected chi connectivity index (χ4v) is 2.40. The van der Waals surface area contributed by atoms with Crippen molar-refractivity contribution in [1.82, 2.24) is 4.90 Å². The van der Waals surface area contributed by atoms with Crippen LogP contribution in [0.5, 0.6) is 0 Å². The third kappa shape index (κ3) is 4.77. The Morgan fingerprint density at radius 1 is 1.24 bits per heavy atom. The molecule has 130 valence electrons. The number of aryl methyl sites for hydroxylation is 1. The molecule has 0 radical (unpaired) electrons. The Labute approximate surface area is 149 Å². The zero-order chi connectivity index (χ0) is 18.6. The van der Waals surface area contributed by atoms with Crippen LogP contribution in [0.3, 0.4) is 0 Å². The van der Waals surface area contributed by atoms with Gasteiger partial charge in [0.15, 0.2) is 0 Å². The molecule has 0 heterocycles. The zero-order valence-electron chi connectivity index (χ0n) is 13.7. The zero-order valence-corrected chi connectivity index (χ0v) is 14.4. The van der Waals surface area contributed by atoms with E-state index in [1.165, 1.54) is 30.1 Å². The number of anilines is 1. The third-order valence-corrected chi connectivity index (χ3v) is 3.72. The molecule has 0 aliphatic rings. The summed E-state index contributed by atoms with van der Waals surface area (Å²) >= 11 is 5.85. The van der Waals surface area contributed by atoms with E-state index in [-0.39, 0.29) is 17.8 Å². The van der Waals surface area contributed by atoms with Gasteiger partial charge in [-0.2, -0.15) is 0 Å². The van der Waals surface area contributed by atoms with E-state index in [1.54, 1.807) is 31.2 Å². The summed E-state index contributed by atoms with van der Waals surface area (Å²) in [6, 6.07) is 10.8. The summed E-state index contributed by atoms with van der Waals surface area (Å²) in [6.07, 6.45) is 0. The van der Waals surface area contributed by atoms with Crippen molar-refractivity contribution in [1.29, 1.82) is 0 Å². The van der Waals surface area contributed by atoms with Crippen LogP contribution in [0.2, 0.25) is 5.02 Å². The highest BCUT2D eigenvalue weighted by Crippen LogP contribution is 2.20. The topological polar surface area (TPSA) is 92.6 Å². The second-order valence-corrected chi connectivity index (χ2v) is 5.91. The number of nitro groups is 1. The first-order valence-electron chi connectivity index (χ1n) is 7.34. The summed E-state index contributed by atoms with van der Waals surface area (Å²) in [7, 11) is 1.45. The fraction of sp³-hybridized carbons (Fsp3) is 0.176. The van der Waals surface area contributed by atoms with E-state index >= 15 is 0 Å². The molecule has 0 atom stereocenters. The van der Waals surface area contributed by atoms with E-state index in [0.717, 1.165) is 0 Å². The number of halogens is 1. The lowest BCUT2D eigenvalue weighted by Gasteiger charge is -2.17. The number of nitrogens with one attached hydrogen (secondary N) is 1. The predicted octanol–water partition coefficient (Wildman–Crippen LogP) is 3.27.